The summed E-state index contributed by atoms with van der Waals surface area (Å²) < 4.78 is 46.6. The van der Waals surface area contributed by atoms with E-state index < -0.39 is 29.1 Å². The summed E-state index contributed by atoms with van der Waals surface area (Å²) in [5.41, 5.74) is 0.573. The molecule has 1 amide bonds. The molecular formula is C21H13F3N2O3S. The largest absolute Gasteiger partial charge is 0.485 e. The molecule has 4 rings (SSSR count). The Morgan fingerprint density at radius 1 is 1.20 bits per heavy atom. The van der Waals surface area contributed by atoms with Crippen LogP contribution in [0.15, 0.2) is 47.4 Å². The number of fused-ring (bicyclic) bond motifs is 1. The first kappa shape index (κ1) is 19.8. The monoisotopic (exact) mass is 430 g/mol. The average Bonchev–Trinajstić information content (AvgIpc) is 3.14. The molecule has 0 saturated heterocycles. The van der Waals surface area contributed by atoms with Crippen molar-refractivity contribution in [1.82, 2.24) is 4.98 Å². The SMILES string of the molecule is CC(=O)N(c1nc(C=C2COc3c(F)cccc3C2=O)cs1)c1ccc(F)cc1F. The first-order valence-corrected chi connectivity index (χ1v) is 9.61. The average molecular weight is 430 g/mol. The third kappa shape index (κ3) is 3.59. The number of carbonyl (C=O) groups excluding carboxylic acids is 2. The van der Waals surface area contributed by atoms with Crippen LogP contribution < -0.4 is 9.64 Å². The molecule has 0 atom stereocenters. The van der Waals surface area contributed by atoms with Crippen LogP contribution in [0, 0.1) is 17.5 Å². The minimum Gasteiger partial charge on any atom is -0.485 e. The van der Waals surface area contributed by atoms with E-state index in [0.29, 0.717) is 11.8 Å². The van der Waals surface area contributed by atoms with E-state index in [4.69, 9.17) is 4.74 Å². The van der Waals surface area contributed by atoms with E-state index >= 15 is 0 Å². The van der Waals surface area contributed by atoms with Gasteiger partial charge in [0, 0.05) is 23.9 Å². The Balaban J connectivity index is 1.67. The molecule has 0 spiro atoms. The Bertz CT molecular complexity index is 1210. The fourth-order valence-electron chi connectivity index (χ4n) is 3.02. The summed E-state index contributed by atoms with van der Waals surface area (Å²) in [4.78, 5) is 30.0. The molecule has 9 heteroatoms. The van der Waals surface area contributed by atoms with Gasteiger partial charge in [-0.15, -0.1) is 11.3 Å². The van der Waals surface area contributed by atoms with Crippen molar-refractivity contribution in [3.05, 3.63) is 76.1 Å². The number of carbonyl (C=O) groups is 2. The fourth-order valence-corrected chi connectivity index (χ4v) is 3.86. The van der Waals surface area contributed by atoms with E-state index in [2.05, 4.69) is 4.98 Å². The number of anilines is 2. The topological polar surface area (TPSA) is 59.5 Å². The van der Waals surface area contributed by atoms with Crippen molar-refractivity contribution in [1.29, 1.82) is 0 Å². The molecule has 1 aliphatic rings. The smallest absolute Gasteiger partial charge is 0.230 e. The van der Waals surface area contributed by atoms with Crippen LogP contribution in [0.25, 0.3) is 6.08 Å². The van der Waals surface area contributed by atoms with Crippen molar-refractivity contribution in [3.63, 3.8) is 0 Å². The lowest BCUT2D eigenvalue weighted by molar-refractivity contribution is -0.115. The lowest BCUT2D eigenvalue weighted by Crippen LogP contribution is -2.23. The molecule has 0 N–H and O–H groups in total. The molecule has 30 heavy (non-hydrogen) atoms. The number of ether oxygens (including phenoxy) is 1. The molecule has 152 valence electrons. The number of para-hydroxylation sites is 1. The second-order valence-corrected chi connectivity index (χ2v) is 7.25. The number of nitrogens with zero attached hydrogens (tertiary/aromatic N) is 2. The first-order valence-electron chi connectivity index (χ1n) is 8.73. The number of Topliss-reactive ketones (excluding diaryl/α,β-unsaturated/α-hetero) is 1. The van der Waals surface area contributed by atoms with E-state index in [1.807, 2.05) is 0 Å². The van der Waals surface area contributed by atoms with Crippen molar-refractivity contribution < 1.29 is 27.5 Å². The zero-order chi connectivity index (χ0) is 21.4. The molecule has 2 heterocycles. The number of hydrogen-bond donors (Lipinski definition) is 0. The lowest BCUT2D eigenvalue weighted by atomic mass is 9.99. The summed E-state index contributed by atoms with van der Waals surface area (Å²) >= 11 is 1.05. The van der Waals surface area contributed by atoms with Gasteiger partial charge in [0.1, 0.15) is 18.2 Å². The van der Waals surface area contributed by atoms with Crippen molar-refractivity contribution in [2.24, 2.45) is 0 Å². The number of amides is 1. The van der Waals surface area contributed by atoms with Gasteiger partial charge in [0.05, 0.1) is 16.9 Å². The Labute approximate surface area is 173 Å². The van der Waals surface area contributed by atoms with Crippen LogP contribution in [0.2, 0.25) is 0 Å². The highest BCUT2D eigenvalue weighted by atomic mass is 32.1. The van der Waals surface area contributed by atoms with Gasteiger partial charge in [0.25, 0.3) is 0 Å². The van der Waals surface area contributed by atoms with Gasteiger partial charge in [-0.2, -0.15) is 0 Å². The molecule has 0 unspecified atom stereocenters. The molecule has 2 aromatic carbocycles. The Morgan fingerprint density at radius 2 is 2.00 bits per heavy atom. The minimum atomic E-state index is -0.908. The van der Waals surface area contributed by atoms with Gasteiger partial charge in [-0.05, 0) is 30.3 Å². The third-order valence-electron chi connectivity index (χ3n) is 4.36. The van der Waals surface area contributed by atoms with E-state index in [0.717, 1.165) is 28.4 Å². The van der Waals surface area contributed by atoms with Gasteiger partial charge in [0.2, 0.25) is 5.91 Å². The van der Waals surface area contributed by atoms with Crippen LogP contribution >= 0.6 is 11.3 Å². The molecule has 3 aromatic rings. The number of rotatable bonds is 3. The van der Waals surface area contributed by atoms with Crippen LogP contribution in [0.5, 0.6) is 5.75 Å². The minimum absolute atomic E-state index is 0.0897. The van der Waals surface area contributed by atoms with Crippen molar-refractivity contribution in [2.75, 3.05) is 11.5 Å². The highest BCUT2D eigenvalue weighted by Crippen LogP contribution is 2.33. The standard InChI is InChI=1S/C21H13F3N2O3S/c1-11(27)26(18-6-5-13(22)8-17(18)24)21-25-14(10-30-21)7-12-9-29-20-15(19(12)28)3-2-4-16(20)23/h2-8,10H,9H2,1H3. The molecule has 0 saturated carbocycles. The number of thiazole rings is 1. The maximum Gasteiger partial charge on any atom is 0.230 e. The number of benzene rings is 2. The summed E-state index contributed by atoms with van der Waals surface area (Å²) in [6, 6.07) is 6.96. The van der Waals surface area contributed by atoms with Gasteiger partial charge < -0.3 is 4.74 Å². The van der Waals surface area contributed by atoms with Crippen LogP contribution in [0.4, 0.5) is 24.0 Å². The van der Waals surface area contributed by atoms with E-state index in [1.165, 1.54) is 31.2 Å². The third-order valence-corrected chi connectivity index (χ3v) is 5.21. The Hall–Kier alpha value is -3.46. The predicted octanol–water partition coefficient (Wildman–Crippen LogP) is 4.90. The molecule has 0 aliphatic carbocycles. The second kappa shape index (κ2) is 7.75. The fraction of sp³-hybridized carbons (Fsp3) is 0.0952. The van der Waals surface area contributed by atoms with Gasteiger partial charge >= 0.3 is 0 Å². The van der Waals surface area contributed by atoms with E-state index in [9.17, 15) is 22.8 Å². The van der Waals surface area contributed by atoms with Crippen molar-refractivity contribution in [3.8, 4) is 5.75 Å². The molecule has 5 nitrogen and oxygen atoms in total. The van der Waals surface area contributed by atoms with Crippen LogP contribution in [-0.2, 0) is 4.79 Å². The molecule has 0 bridgehead atoms. The van der Waals surface area contributed by atoms with Gasteiger partial charge in [-0.1, -0.05) is 6.07 Å². The molecule has 1 aromatic heterocycles. The summed E-state index contributed by atoms with van der Waals surface area (Å²) in [5.74, 6) is -3.29. The summed E-state index contributed by atoms with van der Waals surface area (Å²) in [6.45, 7) is 1.09. The van der Waals surface area contributed by atoms with Crippen LogP contribution in [0.3, 0.4) is 0 Å². The summed E-state index contributed by atoms with van der Waals surface area (Å²) in [7, 11) is 0. The summed E-state index contributed by atoms with van der Waals surface area (Å²) in [6.07, 6.45) is 1.47. The zero-order valence-corrected chi connectivity index (χ0v) is 16.3. The number of ketones is 1. The maximum absolute atomic E-state index is 14.2. The first-order chi connectivity index (χ1) is 14.3. The molecule has 0 radical (unpaired) electrons. The maximum atomic E-state index is 14.2. The summed E-state index contributed by atoms with van der Waals surface area (Å²) in [5, 5.41) is 1.73. The lowest BCUT2D eigenvalue weighted by Gasteiger charge is -2.19. The highest BCUT2D eigenvalue weighted by molar-refractivity contribution is 7.14. The van der Waals surface area contributed by atoms with Crippen LogP contribution in [-0.4, -0.2) is 23.3 Å². The zero-order valence-electron chi connectivity index (χ0n) is 15.5. The van der Waals surface area contributed by atoms with Gasteiger partial charge in [-0.25, -0.2) is 18.2 Å². The Morgan fingerprint density at radius 3 is 2.73 bits per heavy atom. The van der Waals surface area contributed by atoms with Crippen LogP contribution in [0.1, 0.15) is 23.0 Å². The molecular weight excluding hydrogens is 417 g/mol. The van der Waals surface area contributed by atoms with Gasteiger partial charge in [-0.3, -0.25) is 14.5 Å². The quantitative estimate of drug-likeness (QED) is 0.555. The molecule has 1 aliphatic heterocycles. The number of aromatic nitrogens is 1. The predicted molar refractivity (Wildman–Crippen MR) is 105 cm³/mol. The normalized spacial score (nSPS) is 14.4. The Kier molecular flexibility index (Phi) is 5.13. The van der Waals surface area contributed by atoms with Crippen molar-refractivity contribution >= 4 is 39.9 Å². The van der Waals surface area contributed by atoms with Gasteiger partial charge in [0.15, 0.2) is 22.5 Å². The molecule has 0 fully saturated rings. The highest BCUT2D eigenvalue weighted by Gasteiger charge is 2.26. The number of hydrogen-bond acceptors (Lipinski definition) is 5. The van der Waals surface area contributed by atoms with Crippen molar-refractivity contribution in [2.45, 2.75) is 6.92 Å². The number of halogens is 3. The second-order valence-electron chi connectivity index (χ2n) is 6.41. The van der Waals surface area contributed by atoms with E-state index in [-0.39, 0.29) is 34.3 Å². The van der Waals surface area contributed by atoms with E-state index in [1.54, 1.807) is 5.38 Å².